The first-order chi connectivity index (χ1) is 13.4. The topological polar surface area (TPSA) is 80.4 Å². The molecule has 1 aliphatic carbocycles. The van der Waals surface area contributed by atoms with Gasteiger partial charge in [-0.2, -0.15) is 0 Å². The Morgan fingerprint density at radius 1 is 1.21 bits per heavy atom. The molecule has 1 aromatic carbocycles. The van der Waals surface area contributed by atoms with Crippen molar-refractivity contribution in [2.75, 3.05) is 0 Å². The zero-order valence-corrected chi connectivity index (χ0v) is 15.6. The minimum absolute atomic E-state index is 0.215. The average molecular weight is 400 g/mol. The summed E-state index contributed by atoms with van der Waals surface area (Å²) in [5.74, 6) is -1.39. The third-order valence-corrected chi connectivity index (χ3v) is 6.39. The van der Waals surface area contributed by atoms with Gasteiger partial charge in [-0.25, -0.2) is 8.78 Å². The Morgan fingerprint density at radius 3 is 2.68 bits per heavy atom. The van der Waals surface area contributed by atoms with E-state index in [2.05, 4.69) is 15.2 Å². The number of nitrogens with zero attached hydrogens (tertiary/aromatic N) is 4. The number of carbonyl (C=O) groups is 1. The Kier molecular flexibility index (Phi) is 3.70. The lowest BCUT2D eigenvalue weighted by molar-refractivity contribution is -0.141. The van der Waals surface area contributed by atoms with Gasteiger partial charge >= 0.3 is 5.97 Å². The molecule has 1 N–H and O–H groups in total. The maximum Gasteiger partial charge on any atom is 0.307 e. The number of benzene rings is 1. The van der Waals surface area contributed by atoms with E-state index in [-0.39, 0.29) is 6.54 Å². The summed E-state index contributed by atoms with van der Waals surface area (Å²) < 4.78 is 29.7. The highest BCUT2D eigenvalue weighted by atomic mass is 32.1. The van der Waals surface area contributed by atoms with E-state index in [1.165, 1.54) is 23.5 Å². The first-order valence-electron chi connectivity index (χ1n) is 8.72. The van der Waals surface area contributed by atoms with Crippen LogP contribution in [0.2, 0.25) is 0 Å². The molecule has 0 saturated carbocycles. The number of rotatable bonds is 2. The first-order valence-corrected chi connectivity index (χ1v) is 9.54. The molecule has 0 amide bonds. The molecule has 9 heteroatoms. The second-order valence-corrected chi connectivity index (χ2v) is 8.03. The molecule has 3 aromatic rings. The number of thiophene rings is 1. The van der Waals surface area contributed by atoms with E-state index in [9.17, 15) is 18.7 Å². The van der Waals surface area contributed by atoms with Crippen LogP contribution in [-0.2, 0) is 24.2 Å². The van der Waals surface area contributed by atoms with Crippen molar-refractivity contribution in [3.63, 3.8) is 0 Å². The average Bonchev–Trinajstić information content (AvgIpc) is 3.25. The largest absolute Gasteiger partial charge is 0.481 e. The number of hydrogen-bond donors (Lipinski definition) is 1. The molecule has 142 valence electrons. The molecule has 0 saturated heterocycles. The van der Waals surface area contributed by atoms with Gasteiger partial charge in [-0.15, -0.1) is 21.5 Å². The van der Waals surface area contributed by atoms with Crippen LogP contribution in [0.5, 0.6) is 0 Å². The predicted molar refractivity (Wildman–Crippen MR) is 98.2 cm³/mol. The number of carboxylic acid groups (broad SMARTS) is 1. The van der Waals surface area contributed by atoms with Gasteiger partial charge in [0.15, 0.2) is 5.82 Å². The highest BCUT2D eigenvalue weighted by molar-refractivity contribution is 7.15. The van der Waals surface area contributed by atoms with E-state index in [1.54, 1.807) is 0 Å². The number of aryl methyl sites for hydroxylation is 1. The van der Waals surface area contributed by atoms with Gasteiger partial charge < -0.3 is 5.11 Å². The summed E-state index contributed by atoms with van der Waals surface area (Å²) in [4.78, 5) is 17.1. The summed E-state index contributed by atoms with van der Waals surface area (Å²) in [5, 5.41) is 18.6. The van der Waals surface area contributed by atoms with Gasteiger partial charge in [-0.05, 0) is 37.5 Å². The lowest BCUT2D eigenvalue weighted by atomic mass is 9.97. The molecule has 0 fully saturated rings. The Bertz CT molecular complexity index is 1160. The van der Waals surface area contributed by atoms with Gasteiger partial charge in [0, 0.05) is 22.1 Å². The van der Waals surface area contributed by atoms with Crippen molar-refractivity contribution in [1.82, 2.24) is 14.8 Å². The Hall–Kier alpha value is -2.94. The molecule has 1 atom stereocenters. The second kappa shape index (κ2) is 6.03. The molecule has 0 radical (unpaired) electrons. The number of aliphatic imine (C=N–C) groups is 1. The zero-order valence-electron chi connectivity index (χ0n) is 14.7. The first kappa shape index (κ1) is 17.2. The number of fused-ring (bicyclic) bond motifs is 5. The molecule has 0 bridgehead atoms. The van der Waals surface area contributed by atoms with Gasteiger partial charge in [-0.3, -0.25) is 14.4 Å². The third kappa shape index (κ3) is 2.50. The van der Waals surface area contributed by atoms with Crippen molar-refractivity contribution in [2.45, 2.75) is 26.3 Å². The molecular formula is C19H14F2N4O2S. The molecule has 1 unspecified atom stereocenters. The molecule has 3 heterocycles. The fourth-order valence-electron chi connectivity index (χ4n) is 3.93. The summed E-state index contributed by atoms with van der Waals surface area (Å²) in [6.45, 7) is 2.05. The Morgan fingerprint density at radius 2 is 1.96 bits per heavy atom. The summed E-state index contributed by atoms with van der Waals surface area (Å²) in [6, 6.07) is 3.32. The molecule has 28 heavy (non-hydrogen) atoms. The molecule has 2 aromatic heterocycles. The molecule has 2 aliphatic rings. The van der Waals surface area contributed by atoms with Crippen LogP contribution in [0.3, 0.4) is 0 Å². The van der Waals surface area contributed by atoms with Crippen LogP contribution in [0, 0.1) is 24.5 Å². The van der Waals surface area contributed by atoms with Crippen LogP contribution >= 0.6 is 11.3 Å². The van der Waals surface area contributed by atoms with Crippen LogP contribution in [0.25, 0.3) is 5.00 Å². The summed E-state index contributed by atoms with van der Waals surface area (Å²) in [6.07, 6.45) is 0.799. The quantitative estimate of drug-likeness (QED) is 0.717. The van der Waals surface area contributed by atoms with Crippen molar-refractivity contribution in [1.29, 1.82) is 0 Å². The van der Waals surface area contributed by atoms with Crippen LogP contribution in [0.4, 0.5) is 8.78 Å². The van der Waals surface area contributed by atoms with Crippen LogP contribution in [-0.4, -0.2) is 31.6 Å². The number of hydrogen-bond acceptors (Lipinski definition) is 5. The highest BCUT2D eigenvalue weighted by Gasteiger charge is 2.36. The number of carboxylic acids is 1. The fraction of sp³-hybridized carbons (Fsp3) is 0.263. The normalized spacial score (nSPS) is 17.5. The van der Waals surface area contributed by atoms with Crippen LogP contribution in [0.15, 0.2) is 23.2 Å². The molecule has 1 aliphatic heterocycles. The van der Waals surface area contributed by atoms with Crippen molar-refractivity contribution >= 4 is 23.0 Å². The van der Waals surface area contributed by atoms with Crippen molar-refractivity contribution in [3.05, 3.63) is 63.0 Å². The predicted octanol–water partition coefficient (Wildman–Crippen LogP) is 3.07. The third-order valence-electron chi connectivity index (χ3n) is 5.15. The number of halogens is 2. The van der Waals surface area contributed by atoms with Gasteiger partial charge in [0.2, 0.25) is 0 Å². The Balaban J connectivity index is 1.76. The van der Waals surface area contributed by atoms with Crippen molar-refractivity contribution in [2.24, 2.45) is 10.9 Å². The van der Waals surface area contributed by atoms with E-state index >= 15 is 0 Å². The van der Waals surface area contributed by atoms with Gasteiger partial charge in [0.1, 0.15) is 29.0 Å². The van der Waals surface area contributed by atoms with Gasteiger partial charge in [-0.1, -0.05) is 0 Å². The van der Waals surface area contributed by atoms with Crippen molar-refractivity contribution < 1.29 is 18.7 Å². The fourth-order valence-corrected chi connectivity index (χ4v) is 5.40. The summed E-state index contributed by atoms with van der Waals surface area (Å²) in [7, 11) is 0. The van der Waals surface area contributed by atoms with E-state index in [1.807, 2.05) is 11.5 Å². The van der Waals surface area contributed by atoms with E-state index < -0.39 is 23.5 Å². The maximum atomic E-state index is 13.9. The minimum atomic E-state index is -0.845. The van der Waals surface area contributed by atoms with Gasteiger partial charge in [0.05, 0.1) is 11.6 Å². The molecular weight excluding hydrogens is 386 g/mol. The zero-order chi connectivity index (χ0) is 19.6. The molecule has 5 rings (SSSR count). The van der Waals surface area contributed by atoms with Crippen LogP contribution in [0.1, 0.15) is 33.2 Å². The van der Waals surface area contributed by atoms with E-state index in [4.69, 9.17) is 0 Å². The van der Waals surface area contributed by atoms with E-state index in [0.29, 0.717) is 35.8 Å². The number of aliphatic carboxylic acids is 1. The highest BCUT2D eigenvalue weighted by Crippen LogP contribution is 2.43. The van der Waals surface area contributed by atoms with Crippen LogP contribution < -0.4 is 0 Å². The second-order valence-electron chi connectivity index (χ2n) is 6.95. The number of aromatic nitrogens is 3. The minimum Gasteiger partial charge on any atom is -0.481 e. The monoisotopic (exact) mass is 400 g/mol. The Labute approximate surface area is 162 Å². The SMILES string of the molecule is Cc1nnc2n1-c1sc3c(c1C(c1cc(F)cc(F)c1)=NC2)CC(C(=O)O)C3. The molecule has 6 nitrogen and oxygen atoms in total. The standard InChI is InChI=1S/C19H14F2N4O2S/c1-8-23-24-15-7-22-17(9-2-11(20)6-12(21)3-9)16-13-4-10(19(26)27)5-14(13)28-18(16)25(8)15/h2-3,6,10H,4-5,7H2,1H3,(H,26,27). The van der Waals surface area contributed by atoms with Crippen molar-refractivity contribution in [3.8, 4) is 5.00 Å². The van der Waals surface area contributed by atoms with Gasteiger partial charge in [0.25, 0.3) is 0 Å². The smallest absolute Gasteiger partial charge is 0.307 e. The molecule has 0 spiro atoms. The van der Waals surface area contributed by atoms with E-state index in [0.717, 1.165) is 27.1 Å². The lowest BCUT2D eigenvalue weighted by Crippen LogP contribution is -2.15. The summed E-state index contributed by atoms with van der Waals surface area (Å²) >= 11 is 1.48. The summed E-state index contributed by atoms with van der Waals surface area (Å²) in [5.41, 5.74) is 2.41. The maximum absolute atomic E-state index is 13.9. The lowest BCUT2D eigenvalue weighted by Gasteiger charge is -2.11.